The van der Waals surface area contributed by atoms with Crippen molar-refractivity contribution >= 4 is 21.6 Å². The van der Waals surface area contributed by atoms with Crippen LogP contribution in [0.1, 0.15) is 17.3 Å². The number of amides is 1. The van der Waals surface area contributed by atoms with Crippen molar-refractivity contribution in [3.8, 4) is 16.9 Å². The summed E-state index contributed by atoms with van der Waals surface area (Å²) in [5, 5.41) is 7.51. The number of para-hydroxylation sites is 1. The number of nitrogens with zero attached hydrogens (tertiary/aromatic N) is 2. The number of rotatable bonds is 9. The smallest absolute Gasteiger partial charge is 0.259 e. The van der Waals surface area contributed by atoms with E-state index in [9.17, 15) is 13.2 Å². The highest BCUT2D eigenvalue weighted by Gasteiger charge is 2.20. The number of nitrogens with one attached hydrogen (secondary N) is 2. The average molecular weight is 491 g/mol. The standard InChI is InChI=1S/C26H26N4O4S/c1-19(18-34-2)29-35(32,33)23-15-13-21(14-16-23)27-26(31)24-17-30(22-11-7-4-8-12-22)28-25(24)20-9-5-3-6-10-20/h3-17,19,29H,18H2,1-2H3,(H,27,31). The summed E-state index contributed by atoms with van der Waals surface area (Å²) >= 11 is 0. The second-order valence-corrected chi connectivity index (χ2v) is 9.71. The summed E-state index contributed by atoms with van der Waals surface area (Å²) in [6.45, 7) is 1.98. The molecule has 35 heavy (non-hydrogen) atoms. The molecule has 0 saturated carbocycles. The fourth-order valence-electron chi connectivity index (χ4n) is 3.60. The Kier molecular flexibility index (Phi) is 7.40. The molecule has 0 saturated heterocycles. The molecule has 0 fully saturated rings. The number of sulfonamides is 1. The second-order valence-electron chi connectivity index (χ2n) is 7.99. The van der Waals surface area contributed by atoms with Gasteiger partial charge in [-0.1, -0.05) is 48.5 Å². The van der Waals surface area contributed by atoms with Gasteiger partial charge in [0.2, 0.25) is 10.0 Å². The van der Waals surface area contributed by atoms with Gasteiger partial charge in [0.1, 0.15) is 5.69 Å². The fraction of sp³-hybridized carbons (Fsp3) is 0.154. The number of aromatic nitrogens is 2. The lowest BCUT2D eigenvalue weighted by Gasteiger charge is -2.13. The minimum absolute atomic E-state index is 0.0975. The Morgan fingerprint density at radius 2 is 1.60 bits per heavy atom. The van der Waals surface area contributed by atoms with E-state index in [1.165, 1.54) is 19.2 Å². The molecular formula is C26H26N4O4S. The number of anilines is 1. The molecule has 0 aliphatic heterocycles. The van der Waals surface area contributed by atoms with Crippen molar-refractivity contribution in [2.24, 2.45) is 0 Å². The van der Waals surface area contributed by atoms with Crippen molar-refractivity contribution in [3.63, 3.8) is 0 Å². The monoisotopic (exact) mass is 490 g/mol. The predicted octanol–water partition coefficient (Wildman–Crippen LogP) is 4.10. The van der Waals surface area contributed by atoms with E-state index in [-0.39, 0.29) is 23.5 Å². The van der Waals surface area contributed by atoms with Gasteiger partial charge in [0.05, 0.1) is 22.8 Å². The van der Waals surface area contributed by atoms with Gasteiger partial charge < -0.3 is 10.1 Å². The van der Waals surface area contributed by atoms with Crippen molar-refractivity contribution in [1.82, 2.24) is 14.5 Å². The van der Waals surface area contributed by atoms with Crippen LogP contribution in [0.3, 0.4) is 0 Å². The van der Waals surface area contributed by atoms with Crippen LogP contribution in [0.25, 0.3) is 16.9 Å². The molecule has 1 heterocycles. The first-order valence-corrected chi connectivity index (χ1v) is 12.5. The fourth-order valence-corrected chi connectivity index (χ4v) is 4.82. The molecule has 1 unspecified atom stereocenters. The molecular weight excluding hydrogens is 464 g/mol. The predicted molar refractivity (Wildman–Crippen MR) is 135 cm³/mol. The summed E-state index contributed by atoms with van der Waals surface area (Å²) in [5.41, 5.74) is 3.04. The summed E-state index contributed by atoms with van der Waals surface area (Å²) in [5.74, 6) is -0.353. The van der Waals surface area contributed by atoms with Crippen LogP contribution in [-0.2, 0) is 14.8 Å². The Labute approximate surface area is 204 Å². The molecule has 9 heteroatoms. The number of hydrogen-bond donors (Lipinski definition) is 2. The largest absolute Gasteiger partial charge is 0.383 e. The molecule has 0 aliphatic carbocycles. The number of benzene rings is 3. The summed E-state index contributed by atoms with van der Waals surface area (Å²) in [4.78, 5) is 13.3. The summed E-state index contributed by atoms with van der Waals surface area (Å²) in [6.07, 6.45) is 1.69. The topological polar surface area (TPSA) is 102 Å². The summed E-state index contributed by atoms with van der Waals surface area (Å²) < 4.78 is 34.3. The number of hydrogen-bond acceptors (Lipinski definition) is 5. The maximum atomic E-state index is 13.2. The van der Waals surface area contributed by atoms with Gasteiger partial charge in [-0.05, 0) is 43.3 Å². The Bertz CT molecular complexity index is 1390. The molecule has 0 aliphatic rings. The second kappa shape index (κ2) is 10.6. The molecule has 0 spiro atoms. The third kappa shape index (κ3) is 5.83. The van der Waals surface area contributed by atoms with Crippen LogP contribution in [0.2, 0.25) is 0 Å². The van der Waals surface area contributed by atoms with Crippen LogP contribution < -0.4 is 10.0 Å². The van der Waals surface area contributed by atoms with Crippen LogP contribution in [0, 0.1) is 0 Å². The normalized spacial score (nSPS) is 12.3. The van der Waals surface area contributed by atoms with Gasteiger partial charge in [-0.3, -0.25) is 4.79 Å². The maximum Gasteiger partial charge on any atom is 0.259 e. The number of methoxy groups -OCH3 is 1. The SMILES string of the molecule is COCC(C)NS(=O)(=O)c1ccc(NC(=O)c2cn(-c3ccccc3)nc2-c2ccccc2)cc1. The molecule has 1 atom stereocenters. The van der Waals surface area contributed by atoms with Gasteiger partial charge in [-0.15, -0.1) is 0 Å². The van der Waals surface area contributed by atoms with E-state index in [0.29, 0.717) is 16.9 Å². The zero-order valence-corrected chi connectivity index (χ0v) is 20.2. The Morgan fingerprint density at radius 1 is 0.971 bits per heavy atom. The van der Waals surface area contributed by atoms with Crippen LogP contribution in [-0.4, -0.2) is 43.9 Å². The lowest BCUT2D eigenvalue weighted by molar-refractivity contribution is 0.102. The third-order valence-electron chi connectivity index (χ3n) is 5.22. The lowest BCUT2D eigenvalue weighted by atomic mass is 10.1. The zero-order chi connectivity index (χ0) is 24.8. The van der Waals surface area contributed by atoms with E-state index in [4.69, 9.17) is 4.74 Å². The number of ether oxygens (including phenoxy) is 1. The van der Waals surface area contributed by atoms with Crippen molar-refractivity contribution in [3.05, 3.63) is 96.7 Å². The minimum Gasteiger partial charge on any atom is -0.383 e. The highest BCUT2D eigenvalue weighted by molar-refractivity contribution is 7.89. The molecule has 1 aromatic heterocycles. The van der Waals surface area contributed by atoms with Gasteiger partial charge in [-0.25, -0.2) is 17.8 Å². The molecule has 2 N–H and O–H groups in total. The lowest BCUT2D eigenvalue weighted by Crippen LogP contribution is -2.35. The highest BCUT2D eigenvalue weighted by Crippen LogP contribution is 2.25. The van der Waals surface area contributed by atoms with E-state index in [0.717, 1.165) is 11.3 Å². The van der Waals surface area contributed by atoms with Gasteiger partial charge in [0.25, 0.3) is 5.91 Å². The van der Waals surface area contributed by atoms with Gasteiger partial charge >= 0.3 is 0 Å². The highest BCUT2D eigenvalue weighted by atomic mass is 32.2. The first-order valence-electron chi connectivity index (χ1n) is 11.0. The van der Waals surface area contributed by atoms with Crippen molar-refractivity contribution < 1.29 is 17.9 Å². The Hall–Kier alpha value is -3.79. The van der Waals surface area contributed by atoms with Crippen molar-refractivity contribution in [2.75, 3.05) is 19.0 Å². The molecule has 8 nitrogen and oxygen atoms in total. The van der Waals surface area contributed by atoms with Crippen molar-refractivity contribution in [1.29, 1.82) is 0 Å². The number of carbonyl (C=O) groups excluding carboxylic acids is 1. The third-order valence-corrected chi connectivity index (χ3v) is 6.83. The molecule has 3 aromatic carbocycles. The molecule has 4 rings (SSSR count). The average Bonchev–Trinajstić information content (AvgIpc) is 3.31. The number of carbonyl (C=O) groups is 1. The van der Waals surface area contributed by atoms with E-state index in [1.54, 1.807) is 29.9 Å². The van der Waals surface area contributed by atoms with Gasteiger partial charge in [-0.2, -0.15) is 5.10 Å². The first-order chi connectivity index (χ1) is 16.9. The Morgan fingerprint density at radius 3 is 2.23 bits per heavy atom. The molecule has 0 radical (unpaired) electrons. The van der Waals surface area contributed by atoms with E-state index < -0.39 is 10.0 Å². The quantitative estimate of drug-likeness (QED) is 0.368. The summed E-state index contributed by atoms with van der Waals surface area (Å²) in [6, 6.07) is 24.6. The molecule has 180 valence electrons. The van der Waals surface area contributed by atoms with Gasteiger partial charge in [0, 0.05) is 30.6 Å². The van der Waals surface area contributed by atoms with Gasteiger partial charge in [0.15, 0.2) is 0 Å². The minimum atomic E-state index is -3.71. The van der Waals surface area contributed by atoms with Crippen LogP contribution in [0.5, 0.6) is 0 Å². The first kappa shape index (κ1) is 24.3. The molecule has 0 bridgehead atoms. The Balaban J connectivity index is 1.58. The van der Waals surface area contributed by atoms with Crippen LogP contribution in [0.4, 0.5) is 5.69 Å². The van der Waals surface area contributed by atoms with E-state index in [2.05, 4.69) is 15.1 Å². The van der Waals surface area contributed by atoms with Crippen molar-refractivity contribution in [2.45, 2.75) is 17.9 Å². The summed E-state index contributed by atoms with van der Waals surface area (Å²) in [7, 11) is -2.20. The van der Waals surface area contributed by atoms with Crippen LogP contribution in [0.15, 0.2) is 96.0 Å². The molecule has 4 aromatic rings. The van der Waals surface area contributed by atoms with E-state index in [1.807, 2.05) is 60.7 Å². The molecule has 1 amide bonds. The van der Waals surface area contributed by atoms with Crippen LogP contribution >= 0.6 is 0 Å². The zero-order valence-electron chi connectivity index (χ0n) is 19.4. The maximum absolute atomic E-state index is 13.2. The van der Waals surface area contributed by atoms with E-state index >= 15 is 0 Å².